The first-order valence-corrected chi connectivity index (χ1v) is 16.5. The molecule has 4 heterocycles. The van der Waals surface area contributed by atoms with Crippen molar-refractivity contribution in [3.05, 3.63) is 157 Å². The molecule has 0 N–H and O–H groups in total. The lowest BCUT2D eigenvalue weighted by Crippen LogP contribution is -2.15. The molecule has 0 amide bonds. The van der Waals surface area contributed by atoms with Crippen molar-refractivity contribution in [2.75, 3.05) is 0 Å². The van der Waals surface area contributed by atoms with E-state index in [1.165, 1.54) is 32.6 Å². The molecule has 0 aliphatic rings. The van der Waals surface area contributed by atoms with Gasteiger partial charge in [0.15, 0.2) is 0 Å². The zero-order valence-electron chi connectivity index (χ0n) is 27.2. The standard InChI is InChI=1S/C44H34N4/c1-44(2,3)36-24-26-46-43(42(36)29-13-5-4-6-14-29)48-39-19-10-8-16-33(39)35-23-21-31(28-41(35)48)47-38-18-9-7-15-32(38)34-22-20-30(27-40(34)47)37-17-11-12-25-45-37/h4-28H,1-3H3. The molecule has 5 aromatic carbocycles. The summed E-state index contributed by atoms with van der Waals surface area (Å²) in [5, 5.41) is 4.86. The van der Waals surface area contributed by atoms with Gasteiger partial charge in [0.1, 0.15) is 5.82 Å². The quantitative estimate of drug-likeness (QED) is 0.197. The van der Waals surface area contributed by atoms with Crippen molar-refractivity contribution in [1.29, 1.82) is 0 Å². The Morgan fingerprint density at radius 2 is 1.08 bits per heavy atom. The zero-order valence-corrected chi connectivity index (χ0v) is 27.2. The molecule has 0 atom stereocenters. The minimum absolute atomic E-state index is 0.0823. The molecule has 0 fully saturated rings. The van der Waals surface area contributed by atoms with E-state index in [-0.39, 0.29) is 5.41 Å². The average molecular weight is 619 g/mol. The zero-order chi connectivity index (χ0) is 32.4. The molecule has 0 radical (unpaired) electrons. The third-order valence-corrected chi connectivity index (χ3v) is 9.56. The predicted octanol–water partition coefficient (Wildman–Crippen LogP) is 11.3. The topological polar surface area (TPSA) is 35.6 Å². The van der Waals surface area contributed by atoms with Crippen molar-refractivity contribution < 1.29 is 0 Å². The Morgan fingerprint density at radius 3 is 1.79 bits per heavy atom. The van der Waals surface area contributed by atoms with Crippen LogP contribution in [0.3, 0.4) is 0 Å². The molecule has 0 spiro atoms. The maximum atomic E-state index is 5.16. The number of aromatic nitrogens is 4. The number of rotatable bonds is 4. The summed E-state index contributed by atoms with van der Waals surface area (Å²) in [5.74, 6) is 0.941. The van der Waals surface area contributed by atoms with Crippen LogP contribution in [0.5, 0.6) is 0 Å². The Morgan fingerprint density at radius 1 is 0.458 bits per heavy atom. The van der Waals surface area contributed by atoms with Crippen LogP contribution in [0.4, 0.5) is 0 Å². The van der Waals surface area contributed by atoms with Gasteiger partial charge in [0, 0.05) is 50.8 Å². The van der Waals surface area contributed by atoms with Gasteiger partial charge in [-0.25, -0.2) is 4.98 Å². The van der Waals surface area contributed by atoms with Crippen LogP contribution in [0.1, 0.15) is 26.3 Å². The summed E-state index contributed by atoms with van der Waals surface area (Å²) < 4.78 is 4.77. The van der Waals surface area contributed by atoms with Gasteiger partial charge in [-0.3, -0.25) is 9.55 Å². The number of benzene rings is 5. The van der Waals surface area contributed by atoms with Gasteiger partial charge in [0.2, 0.25) is 0 Å². The molecule has 9 rings (SSSR count). The first kappa shape index (κ1) is 28.2. The van der Waals surface area contributed by atoms with Gasteiger partial charge in [0.25, 0.3) is 0 Å². The largest absolute Gasteiger partial charge is 0.309 e. The van der Waals surface area contributed by atoms with Gasteiger partial charge in [-0.2, -0.15) is 0 Å². The summed E-state index contributed by atoms with van der Waals surface area (Å²) in [6.07, 6.45) is 3.83. The third-order valence-electron chi connectivity index (χ3n) is 9.56. The Labute approximate surface area is 279 Å². The van der Waals surface area contributed by atoms with Gasteiger partial charge in [-0.1, -0.05) is 112 Å². The molecule has 4 aromatic heterocycles. The highest BCUT2D eigenvalue weighted by Crippen LogP contribution is 2.41. The lowest BCUT2D eigenvalue weighted by atomic mass is 9.82. The van der Waals surface area contributed by atoms with Crippen molar-refractivity contribution in [3.8, 4) is 33.9 Å². The van der Waals surface area contributed by atoms with E-state index in [2.05, 4.69) is 162 Å². The van der Waals surface area contributed by atoms with Gasteiger partial charge in [-0.15, -0.1) is 0 Å². The fourth-order valence-electron chi connectivity index (χ4n) is 7.40. The molecular weight excluding hydrogens is 585 g/mol. The summed E-state index contributed by atoms with van der Waals surface area (Å²) in [6, 6.07) is 49.9. The van der Waals surface area contributed by atoms with E-state index in [1.54, 1.807) is 0 Å². The van der Waals surface area contributed by atoms with E-state index in [0.29, 0.717) is 0 Å². The van der Waals surface area contributed by atoms with Crippen molar-refractivity contribution in [3.63, 3.8) is 0 Å². The molecule has 48 heavy (non-hydrogen) atoms. The van der Waals surface area contributed by atoms with Crippen molar-refractivity contribution in [2.45, 2.75) is 26.2 Å². The van der Waals surface area contributed by atoms with E-state index in [4.69, 9.17) is 4.98 Å². The van der Waals surface area contributed by atoms with Crippen molar-refractivity contribution in [2.24, 2.45) is 0 Å². The summed E-state index contributed by atoms with van der Waals surface area (Å²) in [7, 11) is 0. The van der Waals surface area contributed by atoms with Crippen LogP contribution < -0.4 is 0 Å². The third kappa shape index (κ3) is 4.37. The summed E-state index contributed by atoms with van der Waals surface area (Å²) in [6.45, 7) is 6.85. The number of fused-ring (bicyclic) bond motifs is 6. The number of hydrogen-bond donors (Lipinski definition) is 0. The normalized spacial score (nSPS) is 12.1. The van der Waals surface area contributed by atoms with Crippen LogP contribution in [0.2, 0.25) is 0 Å². The molecular formula is C44H34N4. The Bertz CT molecular complexity index is 2640. The van der Waals surface area contributed by atoms with Crippen LogP contribution in [-0.4, -0.2) is 19.1 Å². The Hall–Kier alpha value is -6.00. The Kier molecular flexibility index (Phi) is 6.34. The van der Waals surface area contributed by atoms with Crippen LogP contribution >= 0.6 is 0 Å². The van der Waals surface area contributed by atoms with Crippen LogP contribution in [0, 0.1) is 0 Å². The van der Waals surface area contributed by atoms with Crippen LogP contribution in [0.15, 0.2) is 152 Å². The molecule has 0 bridgehead atoms. The summed E-state index contributed by atoms with van der Waals surface area (Å²) >= 11 is 0. The maximum Gasteiger partial charge on any atom is 0.145 e. The minimum Gasteiger partial charge on any atom is -0.309 e. The van der Waals surface area contributed by atoms with Gasteiger partial charge in [-0.05, 0) is 65.1 Å². The van der Waals surface area contributed by atoms with E-state index in [1.807, 2.05) is 24.5 Å². The molecule has 4 nitrogen and oxygen atoms in total. The van der Waals surface area contributed by atoms with E-state index in [9.17, 15) is 0 Å². The number of nitrogens with zero attached hydrogens (tertiary/aromatic N) is 4. The van der Waals surface area contributed by atoms with Gasteiger partial charge < -0.3 is 4.57 Å². The molecule has 4 heteroatoms. The molecule has 0 aliphatic carbocycles. The number of hydrogen-bond acceptors (Lipinski definition) is 2. The fraction of sp³-hybridized carbons (Fsp3) is 0.0909. The Balaban J connectivity index is 1.37. The highest BCUT2D eigenvalue weighted by molar-refractivity contribution is 6.12. The summed E-state index contributed by atoms with van der Waals surface area (Å²) in [5.41, 5.74) is 11.3. The first-order chi connectivity index (χ1) is 23.5. The minimum atomic E-state index is -0.0823. The molecule has 0 saturated carbocycles. The highest BCUT2D eigenvalue weighted by atomic mass is 15.1. The SMILES string of the molecule is CC(C)(C)c1ccnc(-n2c3ccccc3c3ccc(-n4c5ccccc5c5ccc(-c6ccccn6)cc54)cc32)c1-c1ccccc1. The average Bonchev–Trinajstić information content (AvgIpc) is 3.63. The molecule has 230 valence electrons. The second-order valence-corrected chi connectivity index (χ2v) is 13.5. The monoisotopic (exact) mass is 618 g/mol. The molecule has 0 saturated heterocycles. The van der Waals surface area contributed by atoms with Gasteiger partial charge in [0.05, 0.1) is 27.8 Å². The van der Waals surface area contributed by atoms with E-state index < -0.39 is 0 Å². The van der Waals surface area contributed by atoms with E-state index >= 15 is 0 Å². The highest BCUT2D eigenvalue weighted by Gasteiger charge is 2.25. The molecule has 0 unspecified atom stereocenters. The lowest BCUT2D eigenvalue weighted by molar-refractivity contribution is 0.590. The smallest absolute Gasteiger partial charge is 0.145 e. The van der Waals surface area contributed by atoms with E-state index in [0.717, 1.165) is 50.4 Å². The summed E-state index contributed by atoms with van der Waals surface area (Å²) in [4.78, 5) is 9.82. The lowest BCUT2D eigenvalue weighted by Gasteiger charge is -2.25. The number of pyridine rings is 2. The number of para-hydroxylation sites is 2. The molecule has 9 aromatic rings. The molecule has 0 aliphatic heterocycles. The van der Waals surface area contributed by atoms with Crippen molar-refractivity contribution >= 4 is 43.6 Å². The van der Waals surface area contributed by atoms with Gasteiger partial charge >= 0.3 is 0 Å². The van der Waals surface area contributed by atoms with Crippen LogP contribution in [0.25, 0.3) is 77.5 Å². The first-order valence-electron chi connectivity index (χ1n) is 16.5. The van der Waals surface area contributed by atoms with Crippen LogP contribution in [-0.2, 0) is 5.41 Å². The second kappa shape index (κ2) is 10.8. The van der Waals surface area contributed by atoms with Crippen molar-refractivity contribution in [1.82, 2.24) is 19.1 Å². The fourth-order valence-corrected chi connectivity index (χ4v) is 7.40. The second-order valence-electron chi connectivity index (χ2n) is 13.5. The predicted molar refractivity (Wildman–Crippen MR) is 200 cm³/mol. The maximum absolute atomic E-state index is 5.16.